The summed E-state index contributed by atoms with van der Waals surface area (Å²) in [5.41, 5.74) is -0.769. The van der Waals surface area contributed by atoms with Gasteiger partial charge in [-0.15, -0.1) is 0 Å². The van der Waals surface area contributed by atoms with Crippen LogP contribution < -0.4 is 5.32 Å². The van der Waals surface area contributed by atoms with Crippen molar-refractivity contribution in [1.82, 2.24) is 4.98 Å². The van der Waals surface area contributed by atoms with Gasteiger partial charge in [-0.3, -0.25) is 0 Å². The molecular formula is C11H12F4N2. The Bertz CT molecular complexity index is 406. The molecule has 0 spiro atoms. The second-order valence-electron chi connectivity index (χ2n) is 4.32. The summed E-state index contributed by atoms with van der Waals surface area (Å²) in [6.07, 6.45) is 2.97. The molecule has 2 rings (SSSR count). The van der Waals surface area contributed by atoms with E-state index >= 15 is 0 Å². The Morgan fingerprint density at radius 2 is 1.65 bits per heavy atom. The predicted octanol–water partition coefficient (Wildman–Crippen LogP) is 3.24. The molecule has 0 aliphatic heterocycles. The molecule has 1 aliphatic rings. The molecule has 1 N–H and O–H groups in total. The largest absolute Gasteiger partial charge is 0.377 e. The van der Waals surface area contributed by atoms with E-state index in [-0.39, 0.29) is 12.0 Å². The van der Waals surface area contributed by atoms with Crippen LogP contribution in [0.2, 0.25) is 0 Å². The molecule has 0 aromatic carbocycles. The van der Waals surface area contributed by atoms with Crippen LogP contribution in [0.15, 0.2) is 0 Å². The molecule has 6 heteroatoms. The topological polar surface area (TPSA) is 24.9 Å². The van der Waals surface area contributed by atoms with Crippen molar-refractivity contribution in [3.63, 3.8) is 0 Å². The summed E-state index contributed by atoms with van der Waals surface area (Å²) in [5, 5.41) is 2.49. The SMILES string of the molecule is CC(Nc1c(F)c(F)nc(F)c1F)C1CCC1. The van der Waals surface area contributed by atoms with Crippen LogP contribution in [0.1, 0.15) is 26.2 Å². The van der Waals surface area contributed by atoms with E-state index in [1.54, 1.807) is 6.92 Å². The first-order valence-electron chi connectivity index (χ1n) is 5.47. The zero-order valence-electron chi connectivity index (χ0n) is 9.24. The van der Waals surface area contributed by atoms with Gasteiger partial charge in [0.1, 0.15) is 5.69 Å². The third-order valence-corrected chi connectivity index (χ3v) is 3.23. The number of halogens is 4. The Morgan fingerprint density at radius 1 is 1.12 bits per heavy atom. The van der Waals surface area contributed by atoms with Crippen LogP contribution in [0, 0.1) is 29.4 Å². The highest BCUT2D eigenvalue weighted by Crippen LogP contribution is 2.32. The summed E-state index contributed by atoms with van der Waals surface area (Å²) in [4.78, 5) is 2.50. The Morgan fingerprint density at radius 3 is 2.06 bits per heavy atom. The van der Waals surface area contributed by atoms with E-state index in [4.69, 9.17) is 0 Å². The van der Waals surface area contributed by atoms with Crippen molar-refractivity contribution in [2.75, 3.05) is 5.32 Å². The van der Waals surface area contributed by atoms with Crippen LogP contribution in [-0.2, 0) is 0 Å². The molecule has 0 radical (unpaired) electrons. The number of aromatic nitrogens is 1. The molecule has 0 amide bonds. The van der Waals surface area contributed by atoms with Crippen molar-refractivity contribution in [3.8, 4) is 0 Å². The van der Waals surface area contributed by atoms with Crippen molar-refractivity contribution < 1.29 is 17.6 Å². The number of rotatable bonds is 3. The molecule has 0 bridgehead atoms. The van der Waals surface area contributed by atoms with Crippen molar-refractivity contribution in [1.29, 1.82) is 0 Å². The number of hydrogen-bond donors (Lipinski definition) is 1. The Labute approximate surface area is 96.0 Å². The molecule has 0 saturated heterocycles. The van der Waals surface area contributed by atoms with Crippen molar-refractivity contribution in [2.24, 2.45) is 5.92 Å². The van der Waals surface area contributed by atoms with E-state index in [1.807, 2.05) is 0 Å². The Kier molecular flexibility index (Phi) is 3.22. The van der Waals surface area contributed by atoms with Gasteiger partial charge in [-0.25, -0.2) is 0 Å². The first-order valence-corrected chi connectivity index (χ1v) is 5.47. The van der Waals surface area contributed by atoms with Gasteiger partial charge in [0.05, 0.1) is 0 Å². The van der Waals surface area contributed by atoms with Gasteiger partial charge < -0.3 is 5.32 Å². The lowest BCUT2D eigenvalue weighted by Crippen LogP contribution is -2.31. The van der Waals surface area contributed by atoms with Gasteiger partial charge in [0, 0.05) is 6.04 Å². The van der Waals surface area contributed by atoms with Gasteiger partial charge in [0.25, 0.3) is 11.9 Å². The summed E-state index contributed by atoms with van der Waals surface area (Å²) in [6.45, 7) is 1.74. The third kappa shape index (κ3) is 2.21. The maximum Gasteiger partial charge on any atom is 0.253 e. The van der Waals surface area contributed by atoms with E-state index in [9.17, 15) is 17.6 Å². The smallest absolute Gasteiger partial charge is 0.253 e. The average Bonchev–Trinajstić information content (AvgIpc) is 2.19. The Hall–Kier alpha value is -1.33. The molecule has 94 valence electrons. The number of nitrogens with zero attached hydrogens (tertiary/aromatic N) is 1. The lowest BCUT2D eigenvalue weighted by atomic mass is 9.80. The summed E-state index contributed by atoms with van der Waals surface area (Å²) in [7, 11) is 0. The molecule has 2 nitrogen and oxygen atoms in total. The fraction of sp³-hybridized carbons (Fsp3) is 0.545. The lowest BCUT2D eigenvalue weighted by Gasteiger charge is -2.32. The first kappa shape index (κ1) is 12.1. The minimum absolute atomic E-state index is 0.228. The molecule has 1 atom stereocenters. The molecule has 1 aromatic rings. The van der Waals surface area contributed by atoms with Crippen LogP contribution >= 0.6 is 0 Å². The summed E-state index contributed by atoms with van der Waals surface area (Å²) in [6, 6.07) is -0.228. The molecule has 1 aromatic heterocycles. The molecule has 1 heterocycles. The highest BCUT2D eigenvalue weighted by atomic mass is 19.2. The third-order valence-electron chi connectivity index (χ3n) is 3.23. The van der Waals surface area contributed by atoms with Gasteiger partial charge in [0.15, 0.2) is 0 Å². The quantitative estimate of drug-likeness (QED) is 0.656. The standard InChI is InChI=1S/C11H12F4N2/c1-5(6-3-2-4-6)16-9-7(12)10(14)17-11(15)8(9)13/h5-6H,2-4H2,1H3,(H,16,17). The van der Waals surface area contributed by atoms with Gasteiger partial charge in [0.2, 0.25) is 11.6 Å². The first-order chi connectivity index (χ1) is 8.00. The van der Waals surface area contributed by atoms with Crippen LogP contribution in [0.5, 0.6) is 0 Å². The van der Waals surface area contributed by atoms with Crippen molar-refractivity contribution in [3.05, 3.63) is 23.5 Å². The van der Waals surface area contributed by atoms with E-state index in [0.29, 0.717) is 0 Å². The number of anilines is 1. The highest BCUT2D eigenvalue weighted by Gasteiger charge is 2.27. The fourth-order valence-electron chi connectivity index (χ4n) is 1.90. The number of hydrogen-bond acceptors (Lipinski definition) is 2. The van der Waals surface area contributed by atoms with E-state index in [1.165, 1.54) is 0 Å². The van der Waals surface area contributed by atoms with Crippen molar-refractivity contribution >= 4 is 5.69 Å². The number of nitrogens with one attached hydrogen (secondary N) is 1. The normalized spacial score (nSPS) is 17.7. The monoisotopic (exact) mass is 248 g/mol. The summed E-state index contributed by atoms with van der Waals surface area (Å²) >= 11 is 0. The minimum atomic E-state index is -1.63. The molecule has 1 aliphatic carbocycles. The second-order valence-corrected chi connectivity index (χ2v) is 4.32. The van der Waals surface area contributed by atoms with E-state index < -0.39 is 29.2 Å². The van der Waals surface area contributed by atoms with Gasteiger partial charge in [-0.1, -0.05) is 6.42 Å². The molecule has 1 saturated carbocycles. The van der Waals surface area contributed by atoms with Crippen LogP contribution in [0.4, 0.5) is 23.2 Å². The van der Waals surface area contributed by atoms with Crippen LogP contribution in [0.25, 0.3) is 0 Å². The van der Waals surface area contributed by atoms with Crippen LogP contribution in [0.3, 0.4) is 0 Å². The van der Waals surface area contributed by atoms with Crippen molar-refractivity contribution in [2.45, 2.75) is 32.2 Å². The minimum Gasteiger partial charge on any atom is -0.377 e. The second kappa shape index (κ2) is 4.50. The van der Waals surface area contributed by atoms with E-state index in [0.717, 1.165) is 19.3 Å². The van der Waals surface area contributed by atoms with E-state index in [2.05, 4.69) is 10.3 Å². The average molecular weight is 248 g/mol. The highest BCUT2D eigenvalue weighted by molar-refractivity contribution is 5.46. The maximum absolute atomic E-state index is 13.3. The molecule has 17 heavy (non-hydrogen) atoms. The lowest BCUT2D eigenvalue weighted by molar-refractivity contribution is 0.283. The molecular weight excluding hydrogens is 236 g/mol. The predicted molar refractivity (Wildman–Crippen MR) is 54.5 cm³/mol. The zero-order valence-corrected chi connectivity index (χ0v) is 9.24. The Balaban J connectivity index is 2.24. The summed E-state index contributed by atoms with van der Waals surface area (Å²) in [5.74, 6) is -5.93. The van der Waals surface area contributed by atoms with Gasteiger partial charge in [-0.05, 0) is 25.7 Å². The molecule has 1 fully saturated rings. The van der Waals surface area contributed by atoms with Crippen LogP contribution in [-0.4, -0.2) is 11.0 Å². The zero-order chi connectivity index (χ0) is 12.6. The number of pyridine rings is 1. The van der Waals surface area contributed by atoms with Gasteiger partial charge in [-0.2, -0.15) is 22.5 Å². The molecule has 1 unspecified atom stereocenters. The van der Waals surface area contributed by atoms with Gasteiger partial charge >= 0.3 is 0 Å². The maximum atomic E-state index is 13.3. The summed E-state index contributed by atoms with van der Waals surface area (Å²) < 4.78 is 52.2. The fourth-order valence-corrected chi connectivity index (χ4v) is 1.90.